The summed E-state index contributed by atoms with van der Waals surface area (Å²) in [6.45, 7) is 7.79. The van der Waals surface area contributed by atoms with Gasteiger partial charge in [-0.2, -0.15) is 5.10 Å². The van der Waals surface area contributed by atoms with Gasteiger partial charge in [-0.05, 0) is 24.8 Å². The lowest BCUT2D eigenvalue weighted by atomic mass is 10.0. The molecule has 0 bridgehead atoms. The van der Waals surface area contributed by atoms with Gasteiger partial charge in [0.15, 0.2) is 5.96 Å². The Morgan fingerprint density at radius 1 is 1.59 bits per heavy atom. The molecule has 2 atom stereocenters. The second-order valence-electron chi connectivity index (χ2n) is 5.86. The normalized spacial score (nSPS) is 19.9. The van der Waals surface area contributed by atoms with Crippen molar-refractivity contribution in [3.8, 4) is 0 Å². The van der Waals surface area contributed by atoms with Crippen LogP contribution in [0.3, 0.4) is 0 Å². The number of likely N-dealkylation sites (tertiary alicyclic amines) is 1. The number of nitrogens with zero attached hydrogens (tertiary/aromatic N) is 4. The van der Waals surface area contributed by atoms with Crippen LogP contribution < -0.4 is 5.32 Å². The van der Waals surface area contributed by atoms with Crippen molar-refractivity contribution in [3.63, 3.8) is 0 Å². The van der Waals surface area contributed by atoms with Gasteiger partial charge >= 0.3 is 0 Å². The summed E-state index contributed by atoms with van der Waals surface area (Å²) in [7, 11) is 1.96. The summed E-state index contributed by atoms with van der Waals surface area (Å²) in [5, 5.41) is 16.7. The second kappa shape index (κ2) is 9.34. The van der Waals surface area contributed by atoms with Gasteiger partial charge < -0.3 is 15.3 Å². The molecule has 2 unspecified atom stereocenters. The molecule has 2 rings (SSSR count). The number of guanidine groups is 1. The summed E-state index contributed by atoms with van der Waals surface area (Å²) in [4.78, 5) is 6.96. The van der Waals surface area contributed by atoms with Crippen LogP contribution in [0.2, 0.25) is 0 Å². The van der Waals surface area contributed by atoms with E-state index in [1.807, 2.05) is 24.9 Å². The molecule has 6 nitrogen and oxygen atoms in total. The molecule has 0 saturated carbocycles. The van der Waals surface area contributed by atoms with Crippen LogP contribution in [0, 0.1) is 5.92 Å². The molecule has 126 valence electrons. The molecule has 1 saturated heterocycles. The molecule has 1 aromatic heterocycles. The first-order valence-electron chi connectivity index (χ1n) is 7.76. The third kappa shape index (κ3) is 5.12. The topological polar surface area (TPSA) is 65.7 Å². The van der Waals surface area contributed by atoms with Crippen molar-refractivity contribution in [2.24, 2.45) is 18.0 Å². The van der Waals surface area contributed by atoms with E-state index in [9.17, 15) is 0 Å². The number of nitrogens with one attached hydrogen (secondary N) is 1. The highest BCUT2D eigenvalue weighted by Crippen LogP contribution is 2.26. The Kier molecular flexibility index (Phi) is 8.16. The predicted molar refractivity (Wildman–Crippen MR) is 99.8 cm³/mol. The van der Waals surface area contributed by atoms with Crippen LogP contribution >= 0.6 is 24.0 Å². The molecule has 1 aliphatic heterocycles. The van der Waals surface area contributed by atoms with Gasteiger partial charge in [-0.1, -0.05) is 6.92 Å². The number of hydrogen-bond acceptors (Lipinski definition) is 3. The van der Waals surface area contributed by atoms with Gasteiger partial charge in [0.05, 0.1) is 6.20 Å². The molecular formula is C15H28IN5O. The molecule has 1 aromatic rings. The minimum atomic E-state index is 0. The molecule has 0 aliphatic carbocycles. The van der Waals surface area contributed by atoms with E-state index in [0.29, 0.717) is 12.5 Å². The standard InChI is InChI=1S/C15H27N5O.HI/c1-4-16-15(17-7-12(2)11-21)20-6-5-13(10-20)14-8-18-19(3)9-14;/h8-9,12-13,21H,4-7,10-11H2,1-3H3,(H,16,17);1H. The highest BCUT2D eigenvalue weighted by molar-refractivity contribution is 14.0. The Labute approximate surface area is 150 Å². The summed E-state index contributed by atoms with van der Waals surface area (Å²) < 4.78 is 1.86. The molecular weight excluding hydrogens is 393 g/mol. The molecule has 0 radical (unpaired) electrons. The van der Waals surface area contributed by atoms with Crippen molar-refractivity contribution in [2.45, 2.75) is 26.2 Å². The van der Waals surface area contributed by atoms with Crippen molar-refractivity contribution < 1.29 is 5.11 Å². The first-order chi connectivity index (χ1) is 10.1. The summed E-state index contributed by atoms with van der Waals surface area (Å²) in [6.07, 6.45) is 5.20. The quantitative estimate of drug-likeness (QED) is 0.429. The van der Waals surface area contributed by atoms with Crippen molar-refractivity contribution in [1.29, 1.82) is 0 Å². The zero-order chi connectivity index (χ0) is 15.2. The maximum absolute atomic E-state index is 9.12. The summed E-state index contributed by atoms with van der Waals surface area (Å²) in [5.41, 5.74) is 1.31. The van der Waals surface area contributed by atoms with Crippen molar-refractivity contribution in [3.05, 3.63) is 18.0 Å². The van der Waals surface area contributed by atoms with Crippen molar-refractivity contribution in [1.82, 2.24) is 20.0 Å². The summed E-state index contributed by atoms with van der Waals surface area (Å²) in [6, 6.07) is 0. The van der Waals surface area contributed by atoms with Crippen LogP contribution in [0.5, 0.6) is 0 Å². The Morgan fingerprint density at radius 3 is 2.95 bits per heavy atom. The van der Waals surface area contributed by atoms with Crippen LogP contribution in [0.15, 0.2) is 17.4 Å². The lowest BCUT2D eigenvalue weighted by Crippen LogP contribution is -2.40. The molecule has 1 fully saturated rings. The Hall–Kier alpha value is -0.830. The van der Waals surface area contributed by atoms with Gasteiger partial charge in [-0.3, -0.25) is 9.67 Å². The molecule has 0 amide bonds. The van der Waals surface area contributed by atoms with E-state index in [4.69, 9.17) is 5.11 Å². The number of hydrogen-bond donors (Lipinski definition) is 2. The summed E-state index contributed by atoms with van der Waals surface area (Å²) in [5.74, 6) is 1.69. The highest BCUT2D eigenvalue weighted by atomic mass is 127. The molecule has 2 heterocycles. The number of aliphatic imine (C=N–C) groups is 1. The first-order valence-corrected chi connectivity index (χ1v) is 7.76. The number of aryl methyl sites for hydroxylation is 1. The molecule has 2 N–H and O–H groups in total. The van der Waals surface area contributed by atoms with E-state index in [0.717, 1.165) is 32.0 Å². The molecule has 0 aromatic carbocycles. The largest absolute Gasteiger partial charge is 0.396 e. The Morgan fingerprint density at radius 2 is 2.36 bits per heavy atom. The van der Waals surface area contributed by atoms with Crippen molar-refractivity contribution >= 4 is 29.9 Å². The van der Waals surface area contributed by atoms with Crippen LogP contribution in [0.1, 0.15) is 31.7 Å². The maximum atomic E-state index is 9.12. The zero-order valence-electron chi connectivity index (χ0n) is 13.7. The minimum absolute atomic E-state index is 0. The number of halogens is 1. The fraction of sp³-hybridized carbons (Fsp3) is 0.733. The number of rotatable bonds is 5. The van der Waals surface area contributed by atoms with Crippen LogP contribution in [-0.2, 0) is 7.05 Å². The average molecular weight is 421 g/mol. The Balaban J connectivity index is 0.00000242. The van der Waals surface area contributed by atoms with E-state index in [2.05, 4.69) is 33.4 Å². The Bertz CT molecular complexity index is 476. The predicted octanol–water partition coefficient (Wildman–Crippen LogP) is 1.42. The van der Waals surface area contributed by atoms with Crippen LogP contribution in [0.4, 0.5) is 0 Å². The maximum Gasteiger partial charge on any atom is 0.193 e. The van der Waals surface area contributed by atoms with E-state index in [-0.39, 0.29) is 36.5 Å². The van der Waals surface area contributed by atoms with Crippen LogP contribution in [0.25, 0.3) is 0 Å². The van der Waals surface area contributed by atoms with Crippen LogP contribution in [-0.4, -0.2) is 58.5 Å². The number of aromatic nitrogens is 2. The van der Waals surface area contributed by atoms with E-state index in [1.54, 1.807) is 0 Å². The van der Waals surface area contributed by atoms with E-state index < -0.39 is 0 Å². The number of aliphatic hydroxyl groups excluding tert-OH is 1. The monoisotopic (exact) mass is 421 g/mol. The molecule has 1 aliphatic rings. The minimum Gasteiger partial charge on any atom is -0.396 e. The third-order valence-electron chi connectivity index (χ3n) is 3.88. The highest BCUT2D eigenvalue weighted by Gasteiger charge is 2.26. The first kappa shape index (κ1) is 19.2. The van der Waals surface area contributed by atoms with E-state index >= 15 is 0 Å². The SMILES string of the molecule is CCNC(=NCC(C)CO)N1CCC(c2cnn(C)c2)C1.I. The van der Waals surface area contributed by atoms with Gasteiger partial charge in [0.25, 0.3) is 0 Å². The van der Waals surface area contributed by atoms with Gasteiger partial charge in [0, 0.05) is 51.9 Å². The third-order valence-corrected chi connectivity index (χ3v) is 3.88. The lowest BCUT2D eigenvalue weighted by molar-refractivity contribution is 0.241. The smallest absolute Gasteiger partial charge is 0.193 e. The lowest BCUT2D eigenvalue weighted by Gasteiger charge is -2.22. The molecule has 0 spiro atoms. The van der Waals surface area contributed by atoms with Crippen molar-refractivity contribution in [2.75, 3.05) is 32.8 Å². The average Bonchev–Trinajstić information content (AvgIpc) is 3.11. The fourth-order valence-corrected chi connectivity index (χ4v) is 2.60. The molecule has 7 heteroatoms. The fourth-order valence-electron chi connectivity index (χ4n) is 2.60. The summed E-state index contributed by atoms with van der Waals surface area (Å²) >= 11 is 0. The molecule has 22 heavy (non-hydrogen) atoms. The van der Waals surface area contributed by atoms with E-state index in [1.165, 1.54) is 5.56 Å². The van der Waals surface area contributed by atoms with Gasteiger partial charge in [0.1, 0.15) is 0 Å². The van der Waals surface area contributed by atoms with Gasteiger partial charge in [-0.25, -0.2) is 0 Å². The van der Waals surface area contributed by atoms with Gasteiger partial charge in [0.2, 0.25) is 0 Å². The second-order valence-corrected chi connectivity index (χ2v) is 5.86. The van der Waals surface area contributed by atoms with Gasteiger partial charge in [-0.15, -0.1) is 24.0 Å². The number of aliphatic hydroxyl groups is 1. The zero-order valence-corrected chi connectivity index (χ0v) is 16.0.